The second-order valence-electron chi connectivity index (χ2n) is 10.2. The van der Waals surface area contributed by atoms with Gasteiger partial charge >= 0.3 is 5.97 Å². The first kappa shape index (κ1) is 26.5. The van der Waals surface area contributed by atoms with Gasteiger partial charge in [0.1, 0.15) is 11.4 Å². The summed E-state index contributed by atoms with van der Waals surface area (Å²) in [6, 6.07) is 18.6. The average molecular weight is 494 g/mol. The molecule has 0 unspecified atom stereocenters. The number of nitrogens with one attached hydrogen (secondary N) is 1. The number of thiophene rings is 1. The van der Waals surface area contributed by atoms with Crippen LogP contribution in [-0.4, -0.2) is 25.5 Å². The molecule has 6 heteroatoms. The van der Waals surface area contributed by atoms with E-state index in [0.29, 0.717) is 4.88 Å². The molecule has 0 radical (unpaired) electrons. The highest BCUT2D eigenvalue weighted by Gasteiger charge is 2.26. The zero-order valence-corrected chi connectivity index (χ0v) is 22.5. The van der Waals surface area contributed by atoms with Crippen molar-refractivity contribution in [1.29, 1.82) is 0 Å². The molecular weight excluding hydrogens is 458 g/mol. The van der Waals surface area contributed by atoms with Crippen LogP contribution in [0.5, 0.6) is 5.75 Å². The van der Waals surface area contributed by atoms with Crippen LogP contribution in [0, 0.1) is 6.92 Å². The van der Waals surface area contributed by atoms with E-state index in [9.17, 15) is 9.59 Å². The van der Waals surface area contributed by atoms with Gasteiger partial charge in [0.05, 0.1) is 18.4 Å². The van der Waals surface area contributed by atoms with Crippen molar-refractivity contribution >= 4 is 23.2 Å². The number of hydrogen-bond acceptors (Lipinski definition) is 5. The van der Waals surface area contributed by atoms with E-state index < -0.39 is 5.60 Å². The van der Waals surface area contributed by atoms with E-state index in [1.54, 1.807) is 6.07 Å². The van der Waals surface area contributed by atoms with Crippen molar-refractivity contribution in [1.82, 2.24) is 5.32 Å². The third-order valence-corrected chi connectivity index (χ3v) is 7.29. The van der Waals surface area contributed by atoms with Crippen molar-refractivity contribution in [2.45, 2.75) is 59.0 Å². The third kappa shape index (κ3) is 6.73. The number of carbonyl (C=O) groups is 2. The first-order chi connectivity index (χ1) is 16.4. The molecule has 3 rings (SSSR count). The SMILES string of the molecule is COC(=O)CCNC(=O)c1ccc(C(C)(C)Oc2ccc(-c3ccc(C(C)(C)C)cc3)c(C)c2)s1. The largest absolute Gasteiger partial charge is 0.482 e. The van der Waals surface area contributed by atoms with Crippen molar-refractivity contribution in [3.05, 3.63) is 75.5 Å². The third-order valence-electron chi connectivity index (χ3n) is 5.90. The van der Waals surface area contributed by atoms with Crippen LogP contribution >= 0.6 is 11.3 Å². The molecule has 1 heterocycles. The van der Waals surface area contributed by atoms with Gasteiger partial charge < -0.3 is 14.8 Å². The van der Waals surface area contributed by atoms with Crippen molar-refractivity contribution in [3.8, 4) is 16.9 Å². The quantitative estimate of drug-likeness (QED) is 0.358. The summed E-state index contributed by atoms with van der Waals surface area (Å²) in [4.78, 5) is 25.2. The molecule has 0 spiro atoms. The van der Waals surface area contributed by atoms with E-state index in [0.717, 1.165) is 16.2 Å². The number of esters is 1. The number of rotatable bonds is 8. The number of carbonyl (C=O) groups excluding carboxylic acids is 2. The average Bonchev–Trinajstić information content (AvgIpc) is 3.30. The van der Waals surface area contributed by atoms with Crippen LogP contribution in [-0.2, 0) is 20.5 Å². The molecule has 2 aromatic carbocycles. The van der Waals surface area contributed by atoms with Crippen LogP contribution in [0.2, 0.25) is 0 Å². The molecule has 5 nitrogen and oxygen atoms in total. The minimum atomic E-state index is -0.614. The summed E-state index contributed by atoms with van der Waals surface area (Å²) in [6.45, 7) is 13.0. The topological polar surface area (TPSA) is 64.6 Å². The lowest BCUT2D eigenvalue weighted by Crippen LogP contribution is -2.26. The Kier molecular flexibility index (Phi) is 8.06. The summed E-state index contributed by atoms with van der Waals surface area (Å²) in [7, 11) is 1.33. The molecule has 0 bridgehead atoms. The zero-order valence-electron chi connectivity index (χ0n) is 21.7. The van der Waals surface area contributed by atoms with Crippen LogP contribution in [0.25, 0.3) is 11.1 Å². The molecule has 0 fully saturated rings. The molecule has 0 atom stereocenters. The molecule has 1 amide bonds. The van der Waals surface area contributed by atoms with Crippen molar-refractivity contribution in [2.75, 3.05) is 13.7 Å². The molecule has 0 saturated heterocycles. The Hall–Kier alpha value is -3.12. The van der Waals surface area contributed by atoms with E-state index in [1.807, 2.05) is 26.0 Å². The van der Waals surface area contributed by atoms with Crippen LogP contribution in [0.4, 0.5) is 0 Å². The lowest BCUT2D eigenvalue weighted by Gasteiger charge is -2.26. The molecule has 186 valence electrons. The Morgan fingerprint density at radius 1 is 0.943 bits per heavy atom. The molecule has 0 aliphatic heterocycles. The lowest BCUT2D eigenvalue weighted by atomic mass is 9.86. The van der Waals surface area contributed by atoms with Crippen LogP contribution < -0.4 is 10.1 Å². The first-order valence-electron chi connectivity index (χ1n) is 11.8. The van der Waals surface area contributed by atoms with Gasteiger partial charge in [-0.05, 0) is 72.7 Å². The fourth-order valence-corrected chi connectivity index (χ4v) is 4.73. The van der Waals surface area contributed by atoms with Gasteiger partial charge in [-0.1, -0.05) is 51.1 Å². The number of benzene rings is 2. The minimum Gasteiger partial charge on any atom is -0.482 e. The van der Waals surface area contributed by atoms with Gasteiger partial charge in [-0.15, -0.1) is 11.3 Å². The summed E-state index contributed by atoms with van der Waals surface area (Å²) < 4.78 is 11.0. The number of aryl methyl sites for hydroxylation is 1. The van der Waals surface area contributed by atoms with Gasteiger partial charge in [-0.2, -0.15) is 0 Å². The van der Waals surface area contributed by atoms with E-state index in [2.05, 4.69) is 74.1 Å². The van der Waals surface area contributed by atoms with Crippen LogP contribution in [0.3, 0.4) is 0 Å². The normalized spacial score (nSPS) is 11.7. The second-order valence-corrected chi connectivity index (χ2v) is 11.2. The maximum Gasteiger partial charge on any atom is 0.307 e. The van der Waals surface area contributed by atoms with E-state index in [4.69, 9.17) is 4.74 Å². The number of ether oxygens (including phenoxy) is 2. The summed E-state index contributed by atoms with van der Waals surface area (Å²) >= 11 is 1.39. The van der Waals surface area contributed by atoms with E-state index >= 15 is 0 Å². The molecule has 0 saturated carbocycles. The highest BCUT2D eigenvalue weighted by atomic mass is 32.1. The van der Waals surface area contributed by atoms with Crippen LogP contribution in [0.15, 0.2) is 54.6 Å². The summed E-state index contributed by atoms with van der Waals surface area (Å²) in [5.41, 5.74) is 4.33. The number of amides is 1. The van der Waals surface area contributed by atoms with Gasteiger partial charge in [0.25, 0.3) is 5.91 Å². The predicted octanol–water partition coefficient (Wildman–Crippen LogP) is 6.63. The Morgan fingerprint density at radius 2 is 1.63 bits per heavy atom. The van der Waals surface area contributed by atoms with Gasteiger partial charge in [0.15, 0.2) is 0 Å². The Bertz CT molecular complexity index is 1190. The predicted molar refractivity (Wildman–Crippen MR) is 142 cm³/mol. The van der Waals surface area contributed by atoms with Gasteiger partial charge in [0, 0.05) is 11.4 Å². The van der Waals surface area contributed by atoms with E-state index in [1.165, 1.54) is 35.1 Å². The van der Waals surface area contributed by atoms with Crippen molar-refractivity contribution < 1.29 is 19.1 Å². The maximum atomic E-state index is 12.4. The minimum absolute atomic E-state index is 0.127. The smallest absolute Gasteiger partial charge is 0.307 e. The van der Waals surface area contributed by atoms with Crippen LogP contribution in [0.1, 0.15) is 66.7 Å². The first-order valence-corrected chi connectivity index (χ1v) is 12.6. The highest BCUT2D eigenvalue weighted by Crippen LogP contribution is 2.35. The van der Waals surface area contributed by atoms with E-state index in [-0.39, 0.29) is 30.3 Å². The Balaban J connectivity index is 1.69. The molecule has 0 aliphatic rings. The van der Waals surface area contributed by atoms with Gasteiger partial charge in [-0.3, -0.25) is 9.59 Å². The highest BCUT2D eigenvalue weighted by molar-refractivity contribution is 7.14. The molecule has 1 N–H and O–H groups in total. The number of hydrogen-bond donors (Lipinski definition) is 1. The fourth-order valence-electron chi connectivity index (χ4n) is 3.77. The molecule has 3 aromatic rings. The Morgan fingerprint density at radius 3 is 2.23 bits per heavy atom. The summed E-state index contributed by atoms with van der Waals surface area (Å²) in [5, 5.41) is 2.75. The standard InChI is InChI=1S/C29H35NO4S/c1-19-18-22(12-13-23(19)20-8-10-21(11-9-20)28(2,3)4)34-29(5,6)25-15-14-24(35-25)27(32)30-17-16-26(31)33-7/h8-15,18H,16-17H2,1-7H3,(H,30,32). The summed E-state index contributed by atoms with van der Waals surface area (Å²) in [5.74, 6) is 0.216. The van der Waals surface area contributed by atoms with Crippen molar-refractivity contribution in [2.24, 2.45) is 0 Å². The molecular formula is C29H35NO4S. The molecule has 35 heavy (non-hydrogen) atoms. The number of methoxy groups -OCH3 is 1. The molecule has 0 aliphatic carbocycles. The summed E-state index contributed by atoms with van der Waals surface area (Å²) in [6.07, 6.45) is 0.144. The fraction of sp³-hybridized carbons (Fsp3) is 0.379. The lowest BCUT2D eigenvalue weighted by molar-refractivity contribution is -0.140. The monoisotopic (exact) mass is 493 g/mol. The second kappa shape index (κ2) is 10.6. The van der Waals surface area contributed by atoms with Crippen molar-refractivity contribution in [3.63, 3.8) is 0 Å². The van der Waals surface area contributed by atoms with Gasteiger partial charge in [0.2, 0.25) is 0 Å². The maximum absolute atomic E-state index is 12.4. The zero-order chi connectivity index (χ0) is 25.8. The molecule has 1 aromatic heterocycles. The van der Waals surface area contributed by atoms with Gasteiger partial charge in [-0.25, -0.2) is 0 Å². The Labute approximate surface area is 212 Å².